The lowest BCUT2D eigenvalue weighted by atomic mass is 9.99. The number of benzene rings is 1. The zero-order chi connectivity index (χ0) is 15.2. The predicted molar refractivity (Wildman–Crippen MR) is 88.4 cm³/mol. The summed E-state index contributed by atoms with van der Waals surface area (Å²) in [4.78, 5) is 0. The van der Waals surface area contributed by atoms with E-state index >= 15 is 0 Å². The number of rotatable bonds is 8. The van der Waals surface area contributed by atoms with Gasteiger partial charge in [0, 0.05) is 19.7 Å². The molecule has 1 atom stereocenters. The first-order valence-corrected chi connectivity index (χ1v) is 8.32. The van der Waals surface area contributed by atoms with Gasteiger partial charge in [0.15, 0.2) is 0 Å². The van der Waals surface area contributed by atoms with Crippen molar-refractivity contribution in [2.24, 2.45) is 5.73 Å². The Morgan fingerprint density at radius 1 is 1.19 bits per heavy atom. The third-order valence-corrected chi connectivity index (χ3v) is 4.42. The van der Waals surface area contributed by atoms with E-state index in [9.17, 15) is 8.42 Å². The number of hydrogen-bond donors (Lipinski definition) is 2. The highest BCUT2D eigenvalue weighted by Crippen LogP contribution is 2.17. The first kappa shape index (κ1) is 20.3. The monoisotopic (exact) mass is 336 g/mol. The van der Waals surface area contributed by atoms with E-state index < -0.39 is 10.0 Å². The number of methoxy groups -OCH3 is 1. The van der Waals surface area contributed by atoms with Crippen LogP contribution in [0.2, 0.25) is 0 Å². The summed E-state index contributed by atoms with van der Waals surface area (Å²) in [6.45, 7) is 4.61. The Kier molecular flexibility index (Phi) is 9.08. The van der Waals surface area contributed by atoms with Gasteiger partial charge in [-0.15, -0.1) is 12.4 Å². The van der Waals surface area contributed by atoms with Gasteiger partial charge in [-0.25, -0.2) is 13.1 Å². The molecule has 7 heteroatoms. The first-order valence-electron chi connectivity index (χ1n) is 6.67. The summed E-state index contributed by atoms with van der Waals surface area (Å²) in [6, 6.07) is 7.60. The number of halogens is 1. The Labute approximate surface area is 133 Å². The molecule has 0 aliphatic rings. The van der Waals surface area contributed by atoms with E-state index in [-0.39, 0.29) is 37.4 Å². The van der Waals surface area contributed by atoms with Gasteiger partial charge in [-0.05, 0) is 17.0 Å². The molecule has 0 saturated carbocycles. The fourth-order valence-electron chi connectivity index (χ4n) is 1.73. The van der Waals surface area contributed by atoms with Crippen molar-refractivity contribution in [2.75, 3.05) is 26.0 Å². The Morgan fingerprint density at radius 3 is 2.19 bits per heavy atom. The lowest BCUT2D eigenvalue weighted by Crippen LogP contribution is -2.34. The van der Waals surface area contributed by atoms with Crippen molar-refractivity contribution < 1.29 is 13.2 Å². The van der Waals surface area contributed by atoms with Crippen molar-refractivity contribution >= 4 is 22.4 Å². The van der Waals surface area contributed by atoms with Crippen molar-refractivity contribution in [1.29, 1.82) is 0 Å². The Balaban J connectivity index is 0.00000400. The quantitative estimate of drug-likeness (QED) is 0.758. The fourth-order valence-corrected chi connectivity index (χ4v) is 2.69. The molecule has 3 N–H and O–H groups in total. The van der Waals surface area contributed by atoms with E-state index in [0.717, 1.165) is 5.56 Å². The van der Waals surface area contributed by atoms with Crippen LogP contribution >= 0.6 is 12.4 Å². The SMILES string of the molecule is COCCS(=O)(=O)NCC(N)c1ccc(C(C)C)cc1.Cl. The maximum Gasteiger partial charge on any atom is 0.213 e. The minimum atomic E-state index is -3.32. The van der Waals surface area contributed by atoms with Gasteiger partial charge >= 0.3 is 0 Å². The first-order chi connectivity index (χ1) is 9.35. The molecule has 0 aromatic heterocycles. The molecule has 0 amide bonds. The van der Waals surface area contributed by atoms with E-state index in [1.807, 2.05) is 24.3 Å². The molecule has 0 fully saturated rings. The third-order valence-electron chi connectivity index (χ3n) is 3.11. The molecule has 0 aliphatic carbocycles. The summed E-state index contributed by atoms with van der Waals surface area (Å²) in [6.07, 6.45) is 0. The van der Waals surface area contributed by atoms with E-state index in [4.69, 9.17) is 10.5 Å². The van der Waals surface area contributed by atoms with E-state index in [2.05, 4.69) is 18.6 Å². The zero-order valence-corrected chi connectivity index (χ0v) is 14.3. The maximum absolute atomic E-state index is 11.6. The Bertz CT molecular complexity index is 503. The molecule has 0 heterocycles. The summed E-state index contributed by atoms with van der Waals surface area (Å²) < 4.78 is 30.5. The van der Waals surface area contributed by atoms with Gasteiger partial charge in [-0.1, -0.05) is 38.1 Å². The van der Waals surface area contributed by atoms with Crippen molar-refractivity contribution in [1.82, 2.24) is 4.72 Å². The van der Waals surface area contributed by atoms with E-state index in [1.165, 1.54) is 12.7 Å². The van der Waals surface area contributed by atoms with Crippen LogP contribution in [-0.2, 0) is 14.8 Å². The van der Waals surface area contributed by atoms with E-state index in [0.29, 0.717) is 5.92 Å². The van der Waals surface area contributed by atoms with Gasteiger partial charge in [0.25, 0.3) is 0 Å². The molecule has 0 aliphatic heterocycles. The molecule has 0 spiro atoms. The third kappa shape index (κ3) is 7.24. The Morgan fingerprint density at radius 2 is 1.71 bits per heavy atom. The van der Waals surface area contributed by atoms with Crippen LogP contribution in [0.15, 0.2) is 24.3 Å². The normalized spacial score (nSPS) is 13.0. The Hall–Kier alpha value is -0.660. The molecule has 21 heavy (non-hydrogen) atoms. The van der Waals surface area contributed by atoms with Crippen LogP contribution in [0.1, 0.15) is 36.9 Å². The largest absolute Gasteiger partial charge is 0.384 e. The van der Waals surface area contributed by atoms with Gasteiger partial charge in [0.1, 0.15) is 0 Å². The van der Waals surface area contributed by atoms with Crippen molar-refractivity contribution in [3.8, 4) is 0 Å². The molecule has 1 unspecified atom stereocenters. The van der Waals surface area contributed by atoms with Gasteiger partial charge in [0.2, 0.25) is 10.0 Å². The topological polar surface area (TPSA) is 81.4 Å². The van der Waals surface area contributed by atoms with Crippen LogP contribution in [0.4, 0.5) is 0 Å². The molecule has 1 aromatic rings. The molecular weight excluding hydrogens is 312 g/mol. The second-order valence-corrected chi connectivity index (χ2v) is 7.01. The van der Waals surface area contributed by atoms with Gasteiger partial charge in [-0.3, -0.25) is 0 Å². The standard InChI is InChI=1S/C14H24N2O3S.ClH/c1-11(2)12-4-6-13(7-5-12)14(15)10-16-20(17,18)9-8-19-3;/h4-7,11,14,16H,8-10,15H2,1-3H3;1H. The lowest BCUT2D eigenvalue weighted by molar-refractivity contribution is 0.217. The summed E-state index contributed by atoms with van der Waals surface area (Å²) in [5.74, 6) is 0.413. The van der Waals surface area contributed by atoms with Crippen LogP contribution in [-0.4, -0.2) is 34.4 Å². The molecule has 1 aromatic carbocycles. The highest BCUT2D eigenvalue weighted by atomic mass is 35.5. The number of nitrogens with two attached hydrogens (primary N) is 1. The van der Waals surface area contributed by atoms with E-state index in [1.54, 1.807) is 0 Å². The molecule has 0 saturated heterocycles. The van der Waals surface area contributed by atoms with Gasteiger partial charge in [-0.2, -0.15) is 0 Å². The summed E-state index contributed by atoms with van der Waals surface area (Å²) in [7, 11) is -1.85. The minimum absolute atomic E-state index is 0. The van der Waals surface area contributed by atoms with Crippen LogP contribution in [0.5, 0.6) is 0 Å². The number of nitrogens with one attached hydrogen (secondary N) is 1. The molecule has 0 bridgehead atoms. The van der Waals surface area contributed by atoms with Crippen molar-refractivity contribution in [3.05, 3.63) is 35.4 Å². The second kappa shape index (κ2) is 9.38. The average Bonchev–Trinajstić information content (AvgIpc) is 2.43. The van der Waals surface area contributed by atoms with Gasteiger partial charge < -0.3 is 10.5 Å². The second-order valence-electron chi connectivity index (χ2n) is 5.09. The summed E-state index contributed by atoms with van der Waals surface area (Å²) in [5, 5.41) is 0. The van der Waals surface area contributed by atoms with Gasteiger partial charge in [0.05, 0.1) is 12.4 Å². The zero-order valence-electron chi connectivity index (χ0n) is 12.7. The number of hydrogen-bond acceptors (Lipinski definition) is 4. The molecular formula is C14H25ClN2O3S. The average molecular weight is 337 g/mol. The number of sulfonamides is 1. The molecule has 1 rings (SSSR count). The predicted octanol–water partition coefficient (Wildman–Crippen LogP) is 1.80. The van der Waals surface area contributed by atoms with Crippen LogP contribution in [0.3, 0.4) is 0 Å². The summed E-state index contributed by atoms with van der Waals surface area (Å²) >= 11 is 0. The van der Waals surface area contributed by atoms with Crippen molar-refractivity contribution in [2.45, 2.75) is 25.8 Å². The van der Waals surface area contributed by atoms with Crippen LogP contribution in [0, 0.1) is 0 Å². The highest BCUT2D eigenvalue weighted by Gasteiger charge is 2.13. The number of ether oxygens (including phenoxy) is 1. The molecule has 5 nitrogen and oxygen atoms in total. The molecule has 122 valence electrons. The fraction of sp³-hybridized carbons (Fsp3) is 0.571. The minimum Gasteiger partial charge on any atom is -0.384 e. The lowest BCUT2D eigenvalue weighted by Gasteiger charge is -2.14. The smallest absolute Gasteiger partial charge is 0.213 e. The van der Waals surface area contributed by atoms with Crippen LogP contribution in [0.25, 0.3) is 0 Å². The summed E-state index contributed by atoms with van der Waals surface area (Å²) in [5.41, 5.74) is 8.16. The maximum atomic E-state index is 11.6. The molecule has 0 radical (unpaired) electrons. The van der Waals surface area contributed by atoms with Crippen LogP contribution < -0.4 is 10.5 Å². The van der Waals surface area contributed by atoms with Crippen molar-refractivity contribution in [3.63, 3.8) is 0 Å². The highest BCUT2D eigenvalue weighted by molar-refractivity contribution is 7.89.